The number of hydrogen-bond acceptors (Lipinski definition) is 8. The third-order valence-corrected chi connectivity index (χ3v) is 4.95. The predicted molar refractivity (Wildman–Crippen MR) is 121 cm³/mol. The SMILES string of the molecule is CC(C)Oc1ccc(-c2nc(-c3ccc(CNC(CC(=O)O)C(=O)O)cc3Cl)no2)cc1C#N. The minimum atomic E-state index is -1.26. The number of halogens is 1. The Bertz CT molecular complexity index is 1250. The lowest BCUT2D eigenvalue weighted by atomic mass is 10.1. The number of carboxylic acids is 2. The molecule has 11 heteroatoms. The summed E-state index contributed by atoms with van der Waals surface area (Å²) in [4.78, 5) is 26.4. The van der Waals surface area contributed by atoms with Crippen molar-refractivity contribution in [3.05, 3.63) is 52.5 Å². The second-order valence-electron chi connectivity index (χ2n) is 7.60. The van der Waals surface area contributed by atoms with Gasteiger partial charge in [-0.1, -0.05) is 22.8 Å². The quantitative estimate of drug-likeness (QED) is 0.387. The second kappa shape index (κ2) is 10.8. The molecule has 10 nitrogen and oxygen atoms in total. The van der Waals surface area contributed by atoms with Gasteiger partial charge in [-0.3, -0.25) is 14.9 Å². The van der Waals surface area contributed by atoms with E-state index in [2.05, 4.69) is 21.5 Å². The van der Waals surface area contributed by atoms with Crippen LogP contribution in [-0.4, -0.2) is 44.4 Å². The van der Waals surface area contributed by atoms with Crippen LogP contribution in [-0.2, 0) is 16.1 Å². The predicted octanol–water partition coefficient (Wildman–Crippen LogP) is 3.73. The third-order valence-electron chi connectivity index (χ3n) is 4.64. The number of ether oxygens (including phenoxy) is 1. The largest absolute Gasteiger partial charge is 0.490 e. The summed E-state index contributed by atoms with van der Waals surface area (Å²) < 4.78 is 11.0. The Morgan fingerprint density at radius 3 is 2.62 bits per heavy atom. The molecular weight excluding hydrogens is 464 g/mol. The van der Waals surface area contributed by atoms with E-state index in [-0.39, 0.29) is 24.4 Å². The molecule has 3 rings (SSSR count). The summed E-state index contributed by atoms with van der Waals surface area (Å²) in [5.74, 6) is -1.59. The fourth-order valence-electron chi connectivity index (χ4n) is 3.07. The van der Waals surface area contributed by atoms with Crippen molar-refractivity contribution >= 4 is 23.5 Å². The smallest absolute Gasteiger partial charge is 0.321 e. The maximum absolute atomic E-state index is 11.2. The summed E-state index contributed by atoms with van der Waals surface area (Å²) in [6, 6.07) is 10.8. The molecule has 0 saturated carbocycles. The van der Waals surface area contributed by atoms with E-state index in [1.807, 2.05) is 13.8 Å². The zero-order valence-electron chi connectivity index (χ0n) is 18.3. The summed E-state index contributed by atoms with van der Waals surface area (Å²) >= 11 is 6.38. The summed E-state index contributed by atoms with van der Waals surface area (Å²) in [5.41, 5.74) is 2.01. The lowest BCUT2D eigenvalue weighted by Crippen LogP contribution is -2.38. The number of nitrogens with one attached hydrogen (secondary N) is 1. The van der Waals surface area contributed by atoms with Crippen molar-refractivity contribution in [2.24, 2.45) is 0 Å². The van der Waals surface area contributed by atoms with E-state index < -0.39 is 24.4 Å². The van der Waals surface area contributed by atoms with Crippen molar-refractivity contribution in [3.63, 3.8) is 0 Å². The normalized spacial score (nSPS) is 11.7. The summed E-state index contributed by atoms with van der Waals surface area (Å²) in [6.07, 6.45) is -0.634. The number of benzene rings is 2. The molecule has 0 fully saturated rings. The molecule has 0 saturated heterocycles. The molecule has 0 amide bonds. The molecule has 2 aromatic carbocycles. The number of nitrogens with zero attached hydrogens (tertiary/aromatic N) is 3. The third kappa shape index (κ3) is 6.10. The molecule has 0 spiro atoms. The van der Waals surface area contributed by atoms with Crippen molar-refractivity contribution in [1.82, 2.24) is 15.5 Å². The van der Waals surface area contributed by atoms with E-state index in [1.165, 1.54) is 0 Å². The summed E-state index contributed by atoms with van der Waals surface area (Å²) in [7, 11) is 0. The average molecular weight is 485 g/mol. The van der Waals surface area contributed by atoms with E-state index in [9.17, 15) is 14.9 Å². The van der Waals surface area contributed by atoms with Gasteiger partial charge in [0.05, 0.1) is 23.1 Å². The number of aliphatic carboxylic acids is 2. The molecular formula is C23H21ClN4O6. The molecule has 3 aromatic rings. The maximum Gasteiger partial charge on any atom is 0.321 e. The number of aromatic nitrogens is 2. The van der Waals surface area contributed by atoms with Crippen LogP contribution in [0, 0.1) is 11.3 Å². The molecule has 0 aliphatic heterocycles. The maximum atomic E-state index is 11.2. The van der Waals surface area contributed by atoms with Crippen LogP contribution in [0.4, 0.5) is 0 Å². The summed E-state index contributed by atoms with van der Waals surface area (Å²) in [6.45, 7) is 3.83. The average Bonchev–Trinajstić information content (AvgIpc) is 3.26. The van der Waals surface area contributed by atoms with Crippen LogP contribution in [0.3, 0.4) is 0 Å². The van der Waals surface area contributed by atoms with Crippen molar-refractivity contribution in [2.45, 2.75) is 39.0 Å². The van der Waals surface area contributed by atoms with Gasteiger partial charge in [0, 0.05) is 17.7 Å². The van der Waals surface area contributed by atoms with Crippen molar-refractivity contribution in [2.75, 3.05) is 0 Å². The van der Waals surface area contributed by atoms with Crippen LogP contribution in [0.15, 0.2) is 40.9 Å². The van der Waals surface area contributed by atoms with Gasteiger partial charge >= 0.3 is 11.9 Å². The molecule has 0 radical (unpaired) electrons. The minimum Gasteiger partial charge on any atom is -0.490 e. The van der Waals surface area contributed by atoms with Crippen molar-refractivity contribution in [3.8, 4) is 34.7 Å². The van der Waals surface area contributed by atoms with Crippen molar-refractivity contribution in [1.29, 1.82) is 5.26 Å². The van der Waals surface area contributed by atoms with Crippen LogP contribution in [0.1, 0.15) is 31.4 Å². The molecule has 0 bridgehead atoms. The van der Waals surface area contributed by atoms with Crippen LogP contribution in [0.5, 0.6) is 5.75 Å². The van der Waals surface area contributed by atoms with E-state index in [0.717, 1.165) is 0 Å². The Hall–Kier alpha value is -3.94. The lowest BCUT2D eigenvalue weighted by Gasteiger charge is -2.12. The zero-order chi connectivity index (χ0) is 24.8. The first-order valence-electron chi connectivity index (χ1n) is 10.2. The Balaban J connectivity index is 1.77. The summed E-state index contributed by atoms with van der Waals surface area (Å²) in [5, 5.41) is 34.3. The van der Waals surface area contributed by atoms with Crippen LogP contribution < -0.4 is 10.1 Å². The Morgan fingerprint density at radius 1 is 1.24 bits per heavy atom. The van der Waals surface area contributed by atoms with Gasteiger partial charge in [0.25, 0.3) is 5.89 Å². The molecule has 176 valence electrons. The highest BCUT2D eigenvalue weighted by molar-refractivity contribution is 6.33. The van der Waals surface area contributed by atoms with E-state index in [0.29, 0.717) is 33.0 Å². The Morgan fingerprint density at radius 2 is 2.00 bits per heavy atom. The van der Waals surface area contributed by atoms with Gasteiger partial charge < -0.3 is 19.5 Å². The zero-order valence-corrected chi connectivity index (χ0v) is 19.0. The molecule has 1 aromatic heterocycles. The van der Waals surface area contributed by atoms with Gasteiger partial charge in [0.15, 0.2) is 0 Å². The number of carboxylic acid groups (broad SMARTS) is 2. The van der Waals surface area contributed by atoms with Gasteiger partial charge in [0.2, 0.25) is 5.82 Å². The number of carbonyl (C=O) groups is 2. The number of hydrogen-bond donors (Lipinski definition) is 3. The molecule has 0 aliphatic rings. The highest BCUT2D eigenvalue weighted by Gasteiger charge is 2.21. The van der Waals surface area contributed by atoms with E-state index in [4.69, 9.17) is 31.1 Å². The monoisotopic (exact) mass is 484 g/mol. The fraction of sp³-hybridized carbons (Fsp3) is 0.261. The molecule has 1 heterocycles. The first kappa shape index (κ1) is 24.7. The van der Waals surface area contributed by atoms with Gasteiger partial charge in [-0.2, -0.15) is 10.2 Å². The molecule has 34 heavy (non-hydrogen) atoms. The number of rotatable bonds is 10. The van der Waals surface area contributed by atoms with Gasteiger partial charge in [0.1, 0.15) is 17.9 Å². The molecule has 3 N–H and O–H groups in total. The first-order chi connectivity index (χ1) is 16.2. The second-order valence-corrected chi connectivity index (χ2v) is 8.00. The highest BCUT2D eigenvalue weighted by Crippen LogP contribution is 2.30. The van der Waals surface area contributed by atoms with E-state index in [1.54, 1.807) is 36.4 Å². The number of nitriles is 1. The van der Waals surface area contributed by atoms with Crippen LogP contribution in [0.2, 0.25) is 5.02 Å². The molecule has 1 unspecified atom stereocenters. The van der Waals surface area contributed by atoms with Gasteiger partial charge in [-0.05, 0) is 49.7 Å². The van der Waals surface area contributed by atoms with Gasteiger partial charge in [-0.15, -0.1) is 0 Å². The fourth-order valence-corrected chi connectivity index (χ4v) is 3.36. The van der Waals surface area contributed by atoms with Crippen LogP contribution in [0.25, 0.3) is 22.8 Å². The van der Waals surface area contributed by atoms with Crippen LogP contribution >= 0.6 is 11.6 Å². The van der Waals surface area contributed by atoms with Gasteiger partial charge in [-0.25, -0.2) is 0 Å². The lowest BCUT2D eigenvalue weighted by molar-refractivity contribution is -0.146. The first-order valence-corrected chi connectivity index (χ1v) is 10.6. The highest BCUT2D eigenvalue weighted by atomic mass is 35.5. The minimum absolute atomic E-state index is 0.0829. The van der Waals surface area contributed by atoms with Crippen molar-refractivity contribution < 1.29 is 29.1 Å². The van der Waals surface area contributed by atoms with E-state index >= 15 is 0 Å². The standard InChI is InChI=1S/C23H21ClN4O6/c1-12(2)33-19-6-4-14(8-15(19)10-25)22-27-21(28-34-22)16-5-3-13(7-17(16)24)11-26-18(23(31)32)9-20(29)30/h3-8,12,18,26H,9,11H2,1-2H3,(H,29,30)(H,31,32). The molecule has 1 atom stereocenters. The Kier molecular flexibility index (Phi) is 7.83. The topological polar surface area (TPSA) is 159 Å². The molecule has 0 aliphatic carbocycles. The Labute approximate surface area is 199 Å².